The third-order valence-corrected chi connectivity index (χ3v) is 4.40. The minimum absolute atomic E-state index is 0.0593. The summed E-state index contributed by atoms with van der Waals surface area (Å²) in [5, 5.41) is 9.27. The molecule has 0 bridgehead atoms. The van der Waals surface area contributed by atoms with Crippen molar-refractivity contribution in [1.29, 1.82) is 0 Å². The molecule has 0 spiro atoms. The normalized spacial score (nSPS) is 10.0. The summed E-state index contributed by atoms with van der Waals surface area (Å²) in [4.78, 5) is 0. The molecular formula is C26H18F4O2. The second-order valence-corrected chi connectivity index (χ2v) is 6.79. The molecule has 0 amide bonds. The van der Waals surface area contributed by atoms with Crippen molar-refractivity contribution in [1.82, 2.24) is 0 Å². The molecule has 0 unspecified atom stereocenters. The first-order valence-electron chi connectivity index (χ1n) is 9.82. The van der Waals surface area contributed by atoms with Crippen LogP contribution in [0.25, 0.3) is 0 Å². The van der Waals surface area contributed by atoms with Gasteiger partial charge in [0, 0.05) is 16.7 Å². The second-order valence-electron chi connectivity index (χ2n) is 6.79. The quantitative estimate of drug-likeness (QED) is 0.237. The lowest BCUT2D eigenvalue weighted by Crippen LogP contribution is -2.07. The fourth-order valence-corrected chi connectivity index (χ4v) is 2.63. The van der Waals surface area contributed by atoms with E-state index in [0.717, 1.165) is 0 Å². The van der Waals surface area contributed by atoms with E-state index in [4.69, 9.17) is 4.74 Å². The molecule has 1 N–H and O–H groups in total. The van der Waals surface area contributed by atoms with E-state index in [1.807, 2.05) is 6.92 Å². The first-order valence-corrected chi connectivity index (χ1v) is 9.82. The number of hydrogen-bond donors (Lipinski definition) is 1. The molecule has 3 rings (SSSR count). The van der Waals surface area contributed by atoms with E-state index < -0.39 is 34.6 Å². The van der Waals surface area contributed by atoms with Crippen molar-refractivity contribution in [2.45, 2.75) is 19.8 Å². The summed E-state index contributed by atoms with van der Waals surface area (Å²) in [6.07, 6.45) is 1.18. The predicted octanol–water partition coefficient (Wildman–Crippen LogP) is 5.93. The highest BCUT2D eigenvalue weighted by Crippen LogP contribution is 2.30. The number of phenolic OH excluding ortho intramolecular Hbond substituents is 1. The Morgan fingerprint density at radius 2 is 1.12 bits per heavy atom. The third kappa shape index (κ3) is 5.42. The summed E-state index contributed by atoms with van der Waals surface area (Å²) in [5.74, 6) is 3.17. The maximum absolute atomic E-state index is 14.3. The van der Waals surface area contributed by atoms with Crippen LogP contribution < -0.4 is 4.74 Å². The molecule has 0 aromatic heterocycles. The van der Waals surface area contributed by atoms with Crippen molar-refractivity contribution in [3.63, 3.8) is 0 Å². The van der Waals surface area contributed by atoms with Gasteiger partial charge in [-0.05, 0) is 55.0 Å². The number of unbranched alkanes of at least 4 members (excludes halogenated alkanes) is 1. The molecule has 0 aliphatic heterocycles. The van der Waals surface area contributed by atoms with Gasteiger partial charge in [-0.1, -0.05) is 37.0 Å². The first-order chi connectivity index (χ1) is 15.4. The van der Waals surface area contributed by atoms with Crippen molar-refractivity contribution in [2.24, 2.45) is 0 Å². The number of ether oxygens (including phenoxy) is 1. The molecule has 0 saturated carbocycles. The van der Waals surface area contributed by atoms with Gasteiger partial charge in [-0.2, -0.15) is 8.78 Å². The summed E-state index contributed by atoms with van der Waals surface area (Å²) in [7, 11) is 0. The van der Waals surface area contributed by atoms with Crippen molar-refractivity contribution >= 4 is 0 Å². The van der Waals surface area contributed by atoms with Crippen LogP contribution in [0.3, 0.4) is 0 Å². The molecule has 3 aromatic carbocycles. The summed E-state index contributed by atoms with van der Waals surface area (Å²) < 4.78 is 61.7. The van der Waals surface area contributed by atoms with Gasteiger partial charge in [0.25, 0.3) is 0 Å². The van der Waals surface area contributed by atoms with E-state index in [2.05, 4.69) is 23.7 Å². The lowest BCUT2D eigenvalue weighted by molar-refractivity contribution is 0.266. The Balaban J connectivity index is 1.81. The number of phenols is 1. The number of halogens is 4. The minimum atomic E-state index is -1.61. The Morgan fingerprint density at radius 3 is 1.59 bits per heavy atom. The molecule has 0 heterocycles. The van der Waals surface area contributed by atoms with Gasteiger partial charge in [0.1, 0.15) is 11.3 Å². The zero-order valence-corrected chi connectivity index (χ0v) is 17.1. The van der Waals surface area contributed by atoms with Crippen LogP contribution in [-0.2, 0) is 0 Å². The van der Waals surface area contributed by atoms with E-state index in [1.165, 1.54) is 12.1 Å². The Kier molecular flexibility index (Phi) is 7.41. The number of aromatic hydroxyl groups is 1. The highest BCUT2D eigenvalue weighted by Gasteiger charge is 2.25. The summed E-state index contributed by atoms with van der Waals surface area (Å²) in [6, 6.07) is 12.8. The molecule has 162 valence electrons. The van der Waals surface area contributed by atoms with Crippen LogP contribution in [-0.4, -0.2) is 11.7 Å². The van der Waals surface area contributed by atoms with E-state index >= 15 is 0 Å². The SMILES string of the molecule is CCCCOc1c(F)c(F)c(C#Cc2ccc(C#Cc3ccc(O)cc3)cc2)c(F)c1F. The molecule has 0 saturated heterocycles. The van der Waals surface area contributed by atoms with Crippen LogP contribution in [0, 0.1) is 47.0 Å². The third-order valence-electron chi connectivity index (χ3n) is 4.40. The Bertz CT molecular complexity index is 1200. The zero-order valence-electron chi connectivity index (χ0n) is 17.1. The topological polar surface area (TPSA) is 29.5 Å². The minimum Gasteiger partial charge on any atom is -0.508 e. The van der Waals surface area contributed by atoms with E-state index in [-0.39, 0.29) is 12.4 Å². The lowest BCUT2D eigenvalue weighted by Gasteiger charge is -2.10. The zero-order chi connectivity index (χ0) is 23.1. The average Bonchev–Trinajstić information content (AvgIpc) is 2.80. The predicted molar refractivity (Wildman–Crippen MR) is 113 cm³/mol. The maximum Gasteiger partial charge on any atom is 0.205 e. The van der Waals surface area contributed by atoms with Crippen LogP contribution in [0.1, 0.15) is 42.0 Å². The van der Waals surface area contributed by atoms with Gasteiger partial charge in [0.2, 0.25) is 11.6 Å². The number of benzene rings is 3. The van der Waals surface area contributed by atoms with Gasteiger partial charge in [0.05, 0.1) is 6.61 Å². The summed E-state index contributed by atoms with van der Waals surface area (Å²) >= 11 is 0. The van der Waals surface area contributed by atoms with E-state index in [0.29, 0.717) is 29.5 Å². The molecule has 0 aliphatic carbocycles. The highest BCUT2D eigenvalue weighted by atomic mass is 19.2. The van der Waals surface area contributed by atoms with Crippen molar-refractivity contribution in [3.8, 4) is 35.2 Å². The molecule has 6 heteroatoms. The van der Waals surface area contributed by atoms with Gasteiger partial charge >= 0.3 is 0 Å². The first kappa shape index (κ1) is 22.8. The molecule has 0 fully saturated rings. The largest absolute Gasteiger partial charge is 0.508 e. The summed E-state index contributed by atoms with van der Waals surface area (Å²) in [5.41, 5.74) is 0.748. The van der Waals surface area contributed by atoms with E-state index in [1.54, 1.807) is 36.4 Å². The molecule has 32 heavy (non-hydrogen) atoms. The standard InChI is InChI=1S/C26H18F4O2/c1-2-3-16-32-26-24(29)22(27)21(23(28)25(26)30)15-12-18-7-4-17(5-8-18)6-9-19-10-13-20(31)14-11-19/h4-5,7-8,10-11,13-14,31H,2-3,16H2,1H3. The van der Waals surface area contributed by atoms with Crippen molar-refractivity contribution < 1.29 is 27.4 Å². The fraction of sp³-hybridized carbons (Fsp3) is 0.154. The Hall–Kier alpha value is -3.90. The number of rotatable bonds is 4. The lowest BCUT2D eigenvalue weighted by atomic mass is 10.1. The summed E-state index contributed by atoms with van der Waals surface area (Å²) in [6.45, 7) is 1.78. The molecule has 0 aliphatic rings. The monoisotopic (exact) mass is 438 g/mol. The van der Waals surface area contributed by atoms with Gasteiger partial charge in [-0.25, -0.2) is 8.78 Å². The van der Waals surface area contributed by atoms with Crippen LogP contribution in [0.15, 0.2) is 48.5 Å². The maximum atomic E-state index is 14.3. The Labute approximate surface area is 183 Å². The van der Waals surface area contributed by atoms with Gasteiger partial charge in [-0.15, -0.1) is 0 Å². The second kappa shape index (κ2) is 10.4. The average molecular weight is 438 g/mol. The number of hydrogen-bond acceptors (Lipinski definition) is 2. The van der Waals surface area contributed by atoms with Gasteiger partial charge in [0.15, 0.2) is 17.4 Å². The molecule has 0 radical (unpaired) electrons. The van der Waals surface area contributed by atoms with Gasteiger partial charge in [-0.3, -0.25) is 0 Å². The van der Waals surface area contributed by atoms with Crippen LogP contribution in [0.2, 0.25) is 0 Å². The molecule has 0 atom stereocenters. The van der Waals surface area contributed by atoms with Gasteiger partial charge < -0.3 is 9.84 Å². The van der Waals surface area contributed by atoms with Crippen LogP contribution in [0.4, 0.5) is 17.6 Å². The van der Waals surface area contributed by atoms with E-state index in [9.17, 15) is 22.7 Å². The van der Waals surface area contributed by atoms with Crippen molar-refractivity contribution in [2.75, 3.05) is 6.61 Å². The molecule has 2 nitrogen and oxygen atoms in total. The fourth-order valence-electron chi connectivity index (χ4n) is 2.63. The van der Waals surface area contributed by atoms with Crippen LogP contribution in [0.5, 0.6) is 11.5 Å². The smallest absolute Gasteiger partial charge is 0.205 e. The molecular weight excluding hydrogens is 420 g/mol. The Morgan fingerprint density at radius 1 is 0.688 bits per heavy atom. The van der Waals surface area contributed by atoms with Crippen molar-refractivity contribution in [3.05, 3.63) is 94.1 Å². The van der Waals surface area contributed by atoms with Crippen LogP contribution >= 0.6 is 0 Å². The highest BCUT2D eigenvalue weighted by molar-refractivity contribution is 5.50. The molecule has 3 aromatic rings.